The SMILES string of the molecule is C.C=C(O)C1CCCN(C(=O)C(Cc2cccc(O)c2)NC(=O)C(NC(=O)C(C)C)C(C)C)N1.CC(=O)C1CCCCN1C(=O)C(=O)C(C)(C)C(C)C.CCCC(NC(=O)C(CC(C)C)N(C)C(=O)C(C(C)C)N(C)C(=O)C(CC(C)C)N(C)C(=O)C(C)C)C(=O)O. The first kappa shape index (κ1) is 85.1. The molecule has 1 aromatic rings. The fourth-order valence-corrected chi connectivity index (χ4v) is 10.6. The molecule has 7 N–H and O–H groups in total. The molecule has 92 heavy (non-hydrogen) atoms. The minimum atomic E-state index is -1.12. The van der Waals surface area contributed by atoms with E-state index in [4.69, 9.17) is 0 Å². The highest BCUT2D eigenvalue weighted by molar-refractivity contribution is 6.38. The van der Waals surface area contributed by atoms with Crippen LogP contribution in [0.25, 0.3) is 0 Å². The fourth-order valence-electron chi connectivity index (χ4n) is 10.6. The summed E-state index contributed by atoms with van der Waals surface area (Å²) in [6.07, 6.45) is 5.56. The smallest absolute Gasteiger partial charge is 0.326 e. The first-order valence-electron chi connectivity index (χ1n) is 32.6. The molecule has 0 aliphatic carbocycles. The number of likely N-dealkylation sites (tertiary alicyclic amines) is 1. The maximum atomic E-state index is 13.9. The number of rotatable bonds is 29. The number of piperidine rings is 1. The second-order valence-electron chi connectivity index (χ2n) is 27.6. The molecule has 2 saturated heterocycles. The van der Waals surface area contributed by atoms with Gasteiger partial charge in [0.2, 0.25) is 41.2 Å². The number of carbonyl (C=O) groups is 11. The van der Waals surface area contributed by atoms with Crippen molar-refractivity contribution in [3.05, 3.63) is 42.2 Å². The average molecular weight is 1300 g/mol. The zero-order valence-corrected chi connectivity index (χ0v) is 58.7. The molecule has 0 radical (unpaired) electrons. The molecule has 8 unspecified atom stereocenters. The highest BCUT2D eigenvalue weighted by Gasteiger charge is 2.43. The molecule has 3 rings (SSSR count). The number of phenolic OH excluding ortho intramolecular Hbond substituents is 1. The Morgan fingerprint density at radius 2 is 1.23 bits per heavy atom. The molecule has 2 fully saturated rings. The average Bonchev–Trinajstić information content (AvgIpc) is 0.824. The molecule has 0 spiro atoms. The lowest BCUT2D eigenvalue weighted by molar-refractivity contribution is -0.154. The number of hydrogen-bond acceptors (Lipinski definition) is 14. The van der Waals surface area contributed by atoms with E-state index in [1.54, 1.807) is 67.8 Å². The Bertz CT molecular complexity index is 2640. The van der Waals surface area contributed by atoms with Crippen LogP contribution in [0.2, 0.25) is 0 Å². The van der Waals surface area contributed by atoms with Crippen LogP contribution in [0.15, 0.2) is 36.6 Å². The van der Waals surface area contributed by atoms with E-state index >= 15 is 0 Å². The number of carbonyl (C=O) groups excluding carboxylic acids is 10. The molecule has 2 aliphatic heterocycles. The Morgan fingerprint density at radius 3 is 1.70 bits per heavy atom. The van der Waals surface area contributed by atoms with Crippen LogP contribution < -0.4 is 21.4 Å². The van der Waals surface area contributed by atoms with Gasteiger partial charge in [-0.2, -0.15) is 0 Å². The first-order chi connectivity index (χ1) is 42.1. The summed E-state index contributed by atoms with van der Waals surface area (Å²) in [7, 11) is 4.72. The van der Waals surface area contributed by atoms with Gasteiger partial charge in [-0.3, -0.25) is 53.0 Å². The van der Waals surface area contributed by atoms with Gasteiger partial charge in [-0.25, -0.2) is 10.2 Å². The second kappa shape index (κ2) is 39.6. The van der Waals surface area contributed by atoms with Crippen LogP contribution in [-0.2, 0) is 59.2 Å². The quantitative estimate of drug-likeness (QED) is 0.0296. The molecule has 8 atom stereocenters. The Morgan fingerprint density at radius 1 is 0.674 bits per heavy atom. The number of aliphatic hydroxyl groups excluding tert-OH is 1. The molecule has 0 bridgehead atoms. The number of carboxylic acids is 1. The van der Waals surface area contributed by atoms with Crippen molar-refractivity contribution >= 4 is 64.8 Å². The van der Waals surface area contributed by atoms with Crippen molar-refractivity contribution in [2.24, 2.45) is 46.8 Å². The zero-order valence-electron chi connectivity index (χ0n) is 58.7. The topological polar surface area (TPSA) is 313 Å². The largest absolute Gasteiger partial charge is 0.511 e. The third-order valence-electron chi connectivity index (χ3n) is 17.0. The Balaban J connectivity index is 0.00000141. The number of aliphatic hydroxyl groups is 1. The molecule has 23 heteroatoms. The van der Waals surface area contributed by atoms with Gasteiger partial charge in [0.25, 0.3) is 11.8 Å². The number of ketones is 2. The molecular weight excluding hydrogens is 1180 g/mol. The molecular formula is C69H119N9O14. The summed E-state index contributed by atoms with van der Waals surface area (Å²) >= 11 is 0. The molecule has 1 aromatic carbocycles. The molecule has 2 heterocycles. The van der Waals surface area contributed by atoms with E-state index in [-0.39, 0.29) is 108 Å². The van der Waals surface area contributed by atoms with Crippen LogP contribution in [0.1, 0.15) is 195 Å². The maximum Gasteiger partial charge on any atom is 0.326 e. The number of nitrogens with one attached hydrogen (secondary N) is 4. The van der Waals surface area contributed by atoms with Gasteiger partial charge in [0.05, 0.1) is 12.1 Å². The van der Waals surface area contributed by atoms with Gasteiger partial charge in [0, 0.05) is 57.9 Å². The summed E-state index contributed by atoms with van der Waals surface area (Å²) in [6, 6.07) is 0.308. The van der Waals surface area contributed by atoms with Gasteiger partial charge in [-0.1, -0.05) is 150 Å². The van der Waals surface area contributed by atoms with Crippen molar-refractivity contribution in [3.63, 3.8) is 0 Å². The summed E-state index contributed by atoms with van der Waals surface area (Å²) < 4.78 is 0. The monoisotopic (exact) mass is 1300 g/mol. The lowest BCUT2D eigenvalue weighted by Crippen LogP contribution is -2.61. The highest BCUT2D eigenvalue weighted by Crippen LogP contribution is 2.30. The zero-order chi connectivity index (χ0) is 70.3. The van der Waals surface area contributed by atoms with Crippen molar-refractivity contribution in [2.45, 2.75) is 245 Å². The van der Waals surface area contributed by atoms with Crippen LogP contribution in [0.3, 0.4) is 0 Å². The number of Topliss-reactive ketones (excluding diaryl/α,β-unsaturated/α-hetero) is 2. The minimum absolute atomic E-state index is 0. The Hall–Kier alpha value is -6.91. The molecule has 23 nitrogen and oxygen atoms in total. The van der Waals surface area contributed by atoms with Gasteiger partial charge < -0.3 is 50.9 Å². The van der Waals surface area contributed by atoms with E-state index in [1.165, 1.54) is 50.7 Å². The third-order valence-corrected chi connectivity index (χ3v) is 17.0. The fraction of sp³-hybridized carbons (Fsp3) is 0.725. The summed E-state index contributed by atoms with van der Waals surface area (Å²) in [4.78, 5) is 146. The van der Waals surface area contributed by atoms with Crippen molar-refractivity contribution in [1.82, 2.24) is 46.0 Å². The molecule has 0 saturated carbocycles. The number of benzene rings is 1. The van der Waals surface area contributed by atoms with Gasteiger partial charge in [0.1, 0.15) is 47.8 Å². The number of phenols is 1. The first-order valence-corrected chi connectivity index (χ1v) is 32.6. The van der Waals surface area contributed by atoms with E-state index in [2.05, 4.69) is 28.0 Å². The van der Waals surface area contributed by atoms with Crippen LogP contribution in [0.5, 0.6) is 5.75 Å². The third kappa shape index (κ3) is 25.9. The van der Waals surface area contributed by atoms with E-state index in [1.807, 2.05) is 76.2 Å². The van der Waals surface area contributed by atoms with Crippen molar-refractivity contribution in [1.29, 1.82) is 0 Å². The predicted octanol–water partition coefficient (Wildman–Crippen LogP) is 7.87. The van der Waals surface area contributed by atoms with Gasteiger partial charge in [-0.05, 0) is 106 Å². The Kier molecular flexibility index (Phi) is 36.6. The second-order valence-corrected chi connectivity index (χ2v) is 27.6. The van der Waals surface area contributed by atoms with Gasteiger partial charge in [-0.15, -0.1) is 0 Å². The summed E-state index contributed by atoms with van der Waals surface area (Å²) in [6.45, 7) is 37.4. The van der Waals surface area contributed by atoms with Gasteiger partial charge >= 0.3 is 5.97 Å². The predicted molar refractivity (Wildman–Crippen MR) is 358 cm³/mol. The molecule has 8 amide bonds. The number of carboxylic acid groups (broad SMARTS) is 1. The Labute approximate surface area is 550 Å². The summed E-state index contributed by atoms with van der Waals surface area (Å²) in [5.74, 6) is -5.31. The number of aliphatic carboxylic acids is 1. The maximum absolute atomic E-state index is 13.9. The van der Waals surface area contributed by atoms with Crippen LogP contribution in [0, 0.1) is 46.8 Å². The van der Waals surface area contributed by atoms with Crippen LogP contribution >= 0.6 is 0 Å². The summed E-state index contributed by atoms with van der Waals surface area (Å²) in [5, 5.41) is 38.7. The normalized spacial score (nSPS) is 16.9. The number of nitrogens with zero attached hydrogens (tertiary/aromatic N) is 5. The molecule has 0 aromatic heterocycles. The van der Waals surface area contributed by atoms with Crippen molar-refractivity contribution in [2.75, 3.05) is 34.2 Å². The minimum Gasteiger partial charge on any atom is -0.511 e. The number of amides is 8. The standard InChI is InChI=1S/C29H54N4O6.C24H36N4O5.C15H25NO3.CH4/c1-13-14-21(29(38)39)30-25(34)22(15-17(2)3)31(10)28(37)24(19(6)7)33(12)27(36)23(16-18(4)5)32(11)26(35)20(8)9;1-14(2)21(26-22(31)15(3)4)23(32)25-20(13-17-8-6-9-18(30)12-17)24(33)28-11-7-10-19(27-28)16(5)29;1-10(2)15(4,5)13(18)14(19)16-9-7-6-8-12(16)11(3)17;/h17-24H,13-16H2,1-12H3,(H,30,34)(H,38,39);6,8-9,12,14-15,19-21,27,29-30H,5,7,10-11,13H2,1-4H3,(H,25,32)(H,26,31);10,12H,6-9H2,1-5H3;1H4. The lowest BCUT2D eigenvalue weighted by atomic mass is 9.76. The number of likely N-dealkylation sites (N-methyl/N-ethyl adjacent to an activating group) is 3. The molecule has 524 valence electrons. The van der Waals surface area contributed by atoms with Crippen molar-refractivity contribution in [3.8, 4) is 5.75 Å². The van der Waals surface area contributed by atoms with Gasteiger partial charge in [0.15, 0.2) is 5.78 Å². The van der Waals surface area contributed by atoms with E-state index in [0.29, 0.717) is 57.2 Å². The molecule has 2 aliphatic rings. The van der Waals surface area contributed by atoms with Crippen LogP contribution in [0.4, 0.5) is 0 Å². The van der Waals surface area contributed by atoms with Crippen molar-refractivity contribution < 1.29 is 68.1 Å². The summed E-state index contributed by atoms with van der Waals surface area (Å²) in [5.41, 5.74) is 2.95. The van der Waals surface area contributed by atoms with E-state index in [0.717, 1.165) is 12.8 Å². The number of aromatic hydroxyl groups is 1. The van der Waals surface area contributed by atoms with E-state index in [9.17, 15) is 68.1 Å². The highest BCUT2D eigenvalue weighted by atomic mass is 16.4. The van der Waals surface area contributed by atoms with E-state index < -0.39 is 83.3 Å². The lowest BCUT2D eigenvalue weighted by Gasteiger charge is -2.39. The van der Waals surface area contributed by atoms with Crippen LogP contribution in [-0.4, -0.2) is 187 Å². The number of hydrogen-bond donors (Lipinski definition) is 7. The number of hydrazine groups is 1.